The SMILES string of the molecule is O=C(NCCCCBr)c1cc(I)ccc1O. The summed E-state index contributed by atoms with van der Waals surface area (Å²) in [5, 5.41) is 13.3. The first kappa shape index (κ1) is 13.8. The summed E-state index contributed by atoms with van der Waals surface area (Å²) < 4.78 is 0.931. The van der Waals surface area contributed by atoms with E-state index in [0.717, 1.165) is 21.7 Å². The van der Waals surface area contributed by atoms with E-state index in [1.165, 1.54) is 6.07 Å². The van der Waals surface area contributed by atoms with Crippen LogP contribution in [0.5, 0.6) is 5.75 Å². The van der Waals surface area contributed by atoms with Crippen molar-refractivity contribution in [2.45, 2.75) is 12.8 Å². The lowest BCUT2D eigenvalue weighted by molar-refractivity contribution is 0.0950. The number of benzene rings is 1. The third-order valence-electron chi connectivity index (χ3n) is 2.05. The van der Waals surface area contributed by atoms with Gasteiger partial charge in [-0.05, 0) is 53.6 Å². The van der Waals surface area contributed by atoms with Crippen molar-refractivity contribution in [3.8, 4) is 5.75 Å². The van der Waals surface area contributed by atoms with Crippen LogP contribution in [-0.2, 0) is 0 Å². The van der Waals surface area contributed by atoms with Crippen LogP contribution in [0.2, 0.25) is 0 Å². The lowest BCUT2D eigenvalue weighted by Crippen LogP contribution is -2.24. The molecule has 1 aromatic carbocycles. The summed E-state index contributed by atoms with van der Waals surface area (Å²) in [6.07, 6.45) is 1.96. The number of carbonyl (C=O) groups excluding carboxylic acids is 1. The molecule has 0 aromatic heterocycles. The van der Waals surface area contributed by atoms with Crippen molar-refractivity contribution in [2.24, 2.45) is 0 Å². The molecule has 0 saturated heterocycles. The number of nitrogens with one attached hydrogen (secondary N) is 1. The Bertz CT molecular complexity index is 371. The number of unbranched alkanes of at least 4 members (excludes halogenated alkanes) is 1. The molecule has 0 heterocycles. The normalized spacial score (nSPS) is 10.1. The first-order chi connectivity index (χ1) is 7.65. The van der Waals surface area contributed by atoms with E-state index in [2.05, 4.69) is 43.8 Å². The van der Waals surface area contributed by atoms with Gasteiger partial charge in [0.1, 0.15) is 5.75 Å². The Morgan fingerprint density at radius 2 is 2.19 bits per heavy atom. The van der Waals surface area contributed by atoms with Gasteiger partial charge >= 0.3 is 0 Å². The van der Waals surface area contributed by atoms with Gasteiger partial charge < -0.3 is 10.4 Å². The van der Waals surface area contributed by atoms with Crippen molar-refractivity contribution in [3.63, 3.8) is 0 Å². The highest BCUT2D eigenvalue weighted by molar-refractivity contribution is 14.1. The summed E-state index contributed by atoms with van der Waals surface area (Å²) >= 11 is 5.44. The molecular weight excluding hydrogens is 385 g/mol. The molecule has 16 heavy (non-hydrogen) atoms. The molecule has 0 aliphatic carbocycles. The van der Waals surface area contributed by atoms with Gasteiger partial charge in [0.15, 0.2) is 0 Å². The molecule has 0 bridgehead atoms. The fourth-order valence-corrected chi connectivity index (χ4v) is 2.09. The van der Waals surface area contributed by atoms with Crippen molar-refractivity contribution >= 4 is 44.4 Å². The van der Waals surface area contributed by atoms with Gasteiger partial charge in [-0.2, -0.15) is 0 Å². The van der Waals surface area contributed by atoms with Crippen LogP contribution in [0.15, 0.2) is 18.2 Å². The van der Waals surface area contributed by atoms with Crippen LogP contribution in [0.4, 0.5) is 0 Å². The van der Waals surface area contributed by atoms with E-state index < -0.39 is 0 Å². The van der Waals surface area contributed by atoms with Gasteiger partial charge in [-0.1, -0.05) is 15.9 Å². The number of hydrogen-bond acceptors (Lipinski definition) is 2. The minimum Gasteiger partial charge on any atom is -0.507 e. The van der Waals surface area contributed by atoms with Gasteiger partial charge in [-0.15, -0.1) is 0 Å². The Labute approximate surface area is 117 Å². The van der Waals surface area contributed by atoms with Gasteiger partial charge in [-0.25, -0.2) is 0 Å². The Kier molecular flexibility index (Phi) is 6.12. The Balaban J connectivity index is 2.55. The average Bonchev–Trinajstić information content (AvgIpc) is 2.27. The highest BCUT2D eigenvalue weighted by atomic mass is 127. The topological polar surface area (TPSA) is 49.3 Å². The molecule has 0 spiro atoms. The summed E-state index contributed by atoms with van der Waals surface area (Å²) in [5.74, 6) is -0.191. The van der Waals surface area contributed by atoms with Crippen molar-refractivity contribution < 1.29 is 9.90 Å². The zero-order valence-electron chi connectivity index (χ0n) is 8.67. The van der Waals surface area contributed by atoms with Gasteiger partial charge in [0.2, 0.25) is 0 Å². The summed E-state index contributed by atoms with van der Waals surface area (Å²) in [4.78, 5) is 11.7. The number of rotatable bonds is 5. The molecule has 88 valence electrons. The standard InChI is InChI=1S/C11H13BrINO2/c12-5-1-2-6-14-11(16)9-7-8(13)3-4-10(9)15/h3-4,7,15H,1-2,5-6H2,(H,14,16). The third-order valence-corrected chi connectivity index (χ3v) is 3.28. The summed E-state index contributed by atoms with van der Waals surface area (Å²) in [7, 11) is 0. The molecule has 0 aliphatic heterocycles. The molecule has 3 nitrogen and oxygen atoms in total. The number of aromatic hydroxyl groups is 1. The van der Waals surface area contributed by atoms with Crippen molar-refractivity contribution in [1.82, 2.24) is 5.32 Å². The second-order valence-corrected chi connectivity index (χ2v) is 5.35. The second kappa shape index (κ2) is 7.11. The largest absolute Gasteiger partial charge is 0.507 e. The van der Waals surface area contributed by atoms with E-state index in [-0.39, 0.29) is 11.7 Å². The van der Waals surface area contributed by atoms with E-state index in [9.17, 15) is 9.90 Å². The van der Waals surface area contributed by atoms with E-state index in [4.69, 9.17) is 0 Å². The lowest BCUT2D eigenvalue weighted by atomic mass is 10.2. The van der Waals surface area contributed by atoms with Gasteiger partial charge in [0, 0.05) is 15.4 Å². The zero-order chi connectivity index (χ0) is 12.0. The Hall–Kier alpha value is -0.300. The summed E-state index contributed by atoms with van der Waals surface area (Å²) in [6, 6.07) is 4.97. The fraction of sp³-hybridized carbons (Fsp3) is 0.364. The predicted octanol–water partition coefficient (Wildman–Crippen LogP) is 2.90. The fourth-order valence-electron chi connectivity index (χ4n) is 1.21. The van der Waals surface area contributed by atoms with E-state index in [1.807, 2.05) is 0 Å². The number of amides is 1. The van der Waals surface area contributed by atoms with Crippen LogP contribution in [0.3, 0.4) is 0 Å². The molecule has 0 atom stereocenters. The van der Waals surface area contributed by atoms with Crippen molar-refractivity contribution in [3.05, 3.63) is 27.3 Å². The Morgan fingerprint density at radius 3 is 2.88 bits per heavy atom. The molecule has 0 saturated carbocycles. The number of alkyl halides is 1. The molecule has 1 amide bonds. The quantitative estimate of drug-likeness (QED) is 0.456. The maximum absolute atomic E-state index is 11.7. The number of carbonyl (C=O) groups is 1. The average molecular weight is 398 g/mol. The predicted molar refractivity (Wildman–Crippen MR) is 76.2 cm³/mol. The molecule has 0 unspecified atom stereocenters. The van der Waals surface area contributed by atoms with E-state index in [1.54, 1.807) is 12.1 Å². The van der Waals surface area contributed by atoms with Gasteiger partial charge in [0.25, 0.3) is 5.91 Å². The highest BCUT2D eigenvalue weighted by Crippen LogP contribution is 2.19. The number of hydrogen-bond donors (Lipinski definition) is 2. The highest BCUT2D eigenvalue weighted by Gasteiger charge is 2.10. The molecule has 1 rings (SSSR count). The smallest absolute Gasteiger partial charge is 0.255 e. The van der Waals surface area contributed by atoms with Crippen LogP contribution in [0.1, 0.15) is 23.2 Å². The van der Waals surface area contributed by atoms with Crippen LogP contribution in [0, 0.1) is 3.57 Å². The Morgan fingerprint density at radius 1 is 1.44 bits per heavy atom. The molecule has 1 aromatic rings. The van der Waals surface area contributed by atoms with Crippen LogP contribution in [0.25, 0.3) is 0 Å². The minimum atomic E-state index is -0.217. The van der Waals surface area contributed by atoms with Crippen LogP contribution in [-0.4, -0.2) is 22.9 Å². The molecule has 5 heteroatoms. The monoisotopic (exact) mass is 397 g/mol. The van der Waals surface area contributed by atoms with Gasteiger partial charge in [0.05, 0.1) is 5.56 Å². The molecule has 2 N–H and O–H groups in total. The lowest BCUT2D eigenvalue weighted by Gasteiger charge is -2.06. The first-order valence-corrected chi connectivity index (χ1v) is 7.18. The van der Waals surface area contributed by atoms with Crippen molar-refractivity contribution in [2.75, 3.05) is 11.9 Å². The number of phenols is 1. The number of phenolic OH excluding ortho intramolecular Hbond substituents is 1. The summed E-state index contributed by atoms with van der Waals surface area (Å²) in [5.41, 5.74) is 0.339. The van der Waals surface area contributed by atoms with E-state index in [0.29, 0.717) is 12.1 Å². The van der Waals surface area contributed by atoms with E-state index >= 15 is 0 Å². The molecule has 0 aliphatic rings. The van der Waals surface area contributed by atoms with Crippen molar-refractivity contribution in [1.29, 1.82) is 0 Å². The summed E-state index contributed by atoms with van der Waals surface area (Å²) in [6.45, 7) is 0.634. The number of halogens is 2. The minimum absolute atomic E-state index is 0.0263. The maximum Gasteiger partial charge on any atom is 0.255 e. The van der Waals surface area contributed by atoms with Crippen LogP contribution < -0.4 is 5.32 Å². The molecule has 0 fully saturated rings. The zero-order valence-corrected chi connectivity index (χ0v) is 12.4. The molecule has 0 radical (unpaired) electrons. The van der Waals surface area contributed by atoms with Gasteiger partial charge in [-0.3, -0.25) is 4.79 Å². The third kappa shape index (κ3) is 4.29. The second-order valence-electron chi connectivity index (χ2n) is 3.31. The maximum atomic E-state index is 11.7. The molecular formula is C11H13BrINO2. The van der Waals surface area contributed by atoms with Crippen LogP contribution >= 0.6 is 38.5 Å². The first-order valence-electron chi connectivity index (χ1n) is 4.98.